The molecule has 0 aromatic heterocycles. The quantitative estimate of drug-likeness (QED) is 0.209. The summed E-state index contributed by atoms with van der Waals surface area (Å²) in [6.45, 7) is 4.36. The van der Waals surface area contributed by atoms with Gasteiger partial charge in [0.15, 0.2) is 11.6 Å². The number of ether oxygens (including phenoxy) is 1. The van der Waals surface area contributed by atoms with Crippen molar-refractivity contribution in [3.8, 4) is 28.0 Å². The van der Waals surface area contributed by atoms with Crippen LogP contribution in [0.15, 0.2) is 54.6 Å². The zero-order chi connectivity index (χ0) is 26.3. The molecule has 0 aliphatic carbocycles. The van der Waals surface area contributed by atoms with Crippen LogP contribution in [0.25, 0.3) is 22.3 Å². The normalized spacial score (nSPS) is 13.6. The van der Waals surface area contributed by atoms with E-state index in [1.54, 1.807) is 18.2 Å². The standard InChI is InChI=1S/C33H39F3O/c1-3-5-7-8-9-10-11-12-14-26-19-22-29-28-21-20-27(25-17-15-24(16-18-25)13-6-4-2)23-30(28)33(35,36)37-32(29)31(26)34/h15-23H,3-14H2,1-2H3. The third-order valence-corrected chi connectivity index (χ3v) is 7.44. The van der Waals surface area contributed by atoms with Gasteiger partial charge in [0.05, 0.1) is 5.56 Å². The lowest BCUT2D eigenvalue weighted by Gasteiger charge is -2.29. The minimum atomic E-state index is -3.60. The highest BCUT2D eigenvalue weighted by Crippen LogP contribution is 2.49. The van der Waals surface area contributed by atoms with Crippen LogP contribution in [0.4, 0.5) is 13.2 Å². The molecule has 37 heavy (non-hydrogen) atoms. The maximum atomic E-state index is 15.3. The van der Waals surface area contributed by atoms with Crippen LogP contribution in [0.5, 0.6) is 5.75 Å². The number of hydrogen-bond acceptors (Lipinski definition) is 1. The van der Waals surface area contributed by atoms with E-state index < -0.39 is 11.9 Å². The first kappa shape index (κ1) is 27.3. The minimum Gasteiger partial charge on any atom is -0.425 e. The molecule has 1 aliphatic heterocycles. The van der Waals surface area contributed by atoms with Crippen molar-refractivity contribution in [3.63, 3.8) is 0 Å². The Labute approximate surface area is 220 Å². The van der Waals surface area contributed by atoms with Crippen molar-refractivity contribution in [2.75, 3.05) is 0 Å². The molecule has 0 fully saturated rings. The molecule has 198 valence electrons. The van der Waals surface area contributed by atoms with Gasteiger partial charge in [0.25, 0.3) is 0 Å². The lowest BCUT2D eigenvalue weighted by molar-refractivity contribution is -0.188. The highest BCUT2D eigenvalue weighted by atomic mass is 19.3. The Kier molecular flexibility index (Phi) is 9.34. The molecule has 1 heterocycles. The molecule has 0 saturated heterocycles. The first-order valence-electron chi connectivity index (χ1n) is 14.1. The number of hydrogen-bond donors (Lipinski definition) is 0. The largest absolute Gasteiger partial charge is 0.427 e. The number of rotatable bonds is 13. The van der Waals surface area contributed by atoms with Crippen LogP contribution < -0.4 is 4.74 Å². The lowest BCUT2D eigenvalue weighted by atomic mass is 9.90. The Morgan fingerprint density at radius 3 is 1.97 bits per heavy atom. The van der Waals surface area contributed by atoms with Gasteiger partial charge >= 0.3 is 6.11 Å². The fourth-order valence-corrected chi connectivity index (χ4v) is 5.18. The average molecular weight is 509 g/mol. The summed E-state index contributed by atoms with van der Waals surface area (Å²) in [6, 6.07) is 16.5. The van der Waals surface area contributed by atoms with Crippen molar-refractivity contribution in [3.05, 3.63) is 77.1 Å². The van der Waals surface area contributed by atoms with E-state index >= 15 is 13.2 Å². The topological polar surface area (TPSA) is 9.23 Å². The number of halogens is 3. The Hall–Kier alpha value is -2.75. The van der Waals surface area contributed by atoms with E-state index in [4.69, 9.17) is 4.74 Å². The fourth-order valence-electron chi connectivity index (χ4n) is 5.18. The molecule has 0 amide bonds. The summed E-state index contributed by atoms with van der Waals surface area (Å²) in [5.41, 5.74) is 3.75. The second-order valence-electron chi connectivity index (χ2n) is 10.3. The molecule has 1 nitrogen and oxygen atoms in total. The predicted octanol–water partition coefficient (Wildman–Crippen LogP) is 10.6. The molecule has 0 saturated carbocycles. The third-order valence-electron chi connectivity index (χ3n) is 7.44. The summed E-state index contributed by atoms with van der Waals surface area (Å²) < 4.78 is 50.7. The summed E-state index contributed by atoms with van der Waals surface area (Å²) in [4.78, 5) is 0. The number of fused-ring (bicyclic) bond motifs is 3. The summed E-state index contributed by atoms with van der Waals surface area (Å²) in [5, 5.41) is 0. The van der Waals surface area contributed by atoms with E-state index in [1.807, 2.05) is 18.2 Å². The first-order chi connectivity index (χ1) is 17.9. The molecular formula is C33H39F3O. The molecule has 0 atom stereocenters. The van der Waals surface area contributed by atoms with Gasteiger partial charge in [0.2, 0.25) is 0 Å². The van der Waals surface area contributed by atoms with Crippen LogP contribution >= 0.6 is 0 Å². The van der Waals surface area contributed by atoms with E-state index in [-0.39, 0.29) is 11.3 Å². The Morgan fingerprint density at radius 2 is 1.27 bits per heavy atom. The van der Waals surface area contributed by atoms with Gasteiger partial charge in [-0.15, -0.1) is 0 Å². The van der Waals surface area contributed by atoms with Crippen molar-refractivity contribution in [1.82, 2.24) is 0 Å². The van der Waals surface area contributed by atoms with E-state index in [0.29, 0.717) is 28.7 Å². The van der Waals surface area contributed by atoms with Crippen molar-refractivity contribution in [1.29, 1.82) is 0 Å². The van der Waals surface area contributed by atoms with Gasteiger partial charge in [-0.1, -0.05) is 114 Å². The van der Waals surface area contributed by atoms with E-state index in [0.717, 1.165) is 44.1 Å². The first-order valence-corrected chi connectivity index (χ1v) is 14.1. The highest BCUT2D eigenvalue weighted by Gasteiger charge is 2.43. The van der Waals surface area contributed by atoms with Crippen LogP contribution in [0.3, 0.4) is 0 Å². The van der Waals surface area contributed by atoms with Crippen molar-refractivity contribution >= 4 is 0 Å². The van der Waals surface area contributed by atoms with Crippen LogP contribution in [-0.2, 0) is 19.0 Å². The zero-order valence-corrected chi connectivity index (χ0v) is 22.2. The number of benzene rings is 3. The molecule has 0 N–H and O–H groups in total. The van der Waals surface area contributed by atoms with Gasteiger partial charge in [0, 0.05) is 5.56 Å². The number of unbranched alkanes of at least 4 members (excludes halogenated alkanes) is 8. The summed E-state index contributed by atoms with van der Waals surface area (Å²) in [6.07, 6.45) is 9.41. The molecule has 3 aromatic rings. The van der Waals surface area contributed by atoms with Crippen molar-refractivity contribution in [2.24, 2.45) is 0 Å². The molecule has 4 heteroatoms. The van der Waals surface area contributed by atoms with Gasteiger partial charge in [-0.25, -0.2) is 4.39 Å². The Balaban J connectivity index is 1.49. The maximum Gasteiger partial charge on any atom is 0.427 e. The molecule has 0 spiro atoms. The molecule has 0 bridgehead atoms. The molecular weight excluding hydrogens is 469 g/mol. The Morgan fingerprint density at radius 1 is 0.649 bits per heavy atom. The molecule has 1 aliphatic rings. The molecule has 4 rings (SSSR count). The smallest absolute Gasteiger partial charge is 0.425 e. The summed E-state index contributed by atoms with van der Waals surface area (Å²) in [5.74, 6) is -0.986. The molecule has 0 radical (unpaired) electrons. The minimum absolute atomic E-state index is 0.220. The van der Waals surface area contributed by atoms with Crippen molar-refractivity contribution < 1.29 is 17.9 Å². The Bertz CT molecular complexity index is 1170. The average Bonchev–Trinajstić information content (AvgIpc) is 2.90. The monoisotopic (exact) mass is 508 g/mol. The number of alkyl halides is 2. The van der Waals surface area contributed by atoms with E-state index in [9.17, 15) is 0 Å². The second kappa shape index (κ2) is 12.7. The van der Waals surface area contributed by atoms with E-state index in [2.05, 4.69) is 26.0 Å². The van der Waals surface area contributed by atoms with Crippen LogP contribution in [0.2, 0.25) is 0 Å². The maximum absolute atomic E-state index is 15.3. The van der Waals surface area contributed by atoms with Crippen LogP contribution in [0.1, 0.15) is 94.7 Å². The lowest BCUT2D eigenvalue weighted by Crippen LogP contribution is -2.27. The van der Waals surface area contributed by atoms with Gasteiger partial charge in [0.1, 0.15) is 0 Å². The molecule has 0 unspecified atom stereocenters. The zero-order valence-electron chi connectivity index (χ0n) is 22.2. The summed E-state index contributed by atoms with van der Waals surface area (Å²) in [7, 11) is 0. The molecule has 3 aromatic carbocycles. The SMILES string of the molecule is CCCCCCCCCCc1ccc2c(c1F)OC(F)(F)c1cc(-c3ccc(CCCC)cc3)ccc1-2. The van der Waals surface area contributed by atoms with Gasteiger partial charge in [-0.05, 0) is 59.6 Å². The van der Waals surface area contributed by atoms with E-state index in [1.165, 1.54) is 43.7 Å². The van der Waals surface area contributed by atoms with Crippen LogP contribution in [-0.4, -0.2) is 0 Å². The highest BCUT2D eigenvalue weighted by molar-refractivity contribution is 5.80. The van der Waals surface area contributed by atoms with Crippen molar-refractivity contribution in [2.45, 2.75) is 97.0 Å². The second-order valence-corrected chi connectivity index (χ2v) is 10.3. The van der Waals surface area contributed by atoms with Gasteiger partial charge in [-0.3, -0.25) is 0 Å². The van der Waals surface area contributed by atoms with Crippen LogP contribution in [0, 0.1) is 5.82 Å². The predicted molar refractivity (Wildman–Crippen MR) is 147 cm³/mol. The fraction of sp³-hybridized carbons (Fsp3) is 0.455. The van der Waals surface area contributed by atoms with Gasteiger partial charge < -0.3 is 4.74 Å². The summed E-state index contributed by atoms with van der Waals surface area (Å²) >= 11 is 0. The van der Waals surface area contributed by atoms with Gasteiger partial charge in [-0.2, -0.15) is 8.78 Å². The number of aryl methyl sites for hydroxylation is 2. The third kappa shape index (κ3) is 6.58.